The summed E-state index contributed by atoms with van der Waals surface area (Å²) in [4.78, 5) is 15.8. The van der Waals surface area contributed by atoms with Crippen LogP contribution in [0, 0.1) is 5.92 Å². The quantitative estimate of drug-likeness (QED) is 0.437. The van der Waals surface area contributed by atoms with E-state index < -0.39 is 0 Å². The molecule has 1 fully saturated rings. The Labute approximate surface area is 182 Å². The predicted molar refractivity (Wildman–Crippen MR) is 122 cm³/mol. The van der Waals surface area contributed by atoms with E-state index in [-0.39, 0.29) is 17.9 Å². The van der Waals surface area contributed by atoms with Gasteiger partial charge in [0.15, 0.2) is 0 Å². The summed E-state index contributed by atoms with van der Waals surface area (Å²) in [6.07, 6.45) is 5.41. The molecule has 1 aliphatic heterocycles. The van der Waals surface area contributed by atoms with E-state index in [1.165, 1.54) is 15.3 Å². The second-order valence-corrected chi connectivity index (χ2v) is 9.68. The summed E-state index contributed by atoms with van der Waals surface area (Å²) in [5, 5.41) is 11.3. The SMILES string of the molecule is O=C(c1cccc(Cl)c1)N1N=C2/C(=C\c3cccs3)CCC[C@@H]2[C@@H]1c1cccs1. The number of amides is 1. The van der Waals surface area contributed by atoms with Gasteiger partial charge < -0.3 is 0 Å². The van der Waals surface area contributed by atoms with Gasteiger partial charge in [0.1, 0.15) is 0 Å². The summed E-state index contributed by atoms with van der Waals surface area (Å²) in [5.74, 6) is 0.139. The van der Waals surface area contributed by atoms with Gasteiger partial charge in [0, 0.05) is 26.3 Å². The molecule has 3 nitrogen and oxygen atoms in total. The van der Waals surface area contributed by atoms with Crippen molar-refractivity contribution >= 4 is 52.0 Å². The number of thiophene rings is 2. The molecule has 1 aliphatic carbocycles. The van der Waals surface area contributed by atoms with Gasteiger partial charge >= 0.3 is 0 Å². The maximum absolute atomic E-state index is 13.4. The van der Waals surface area contributed by atoms with Gasteiger partial charge in [-0.05, 0) is 72.0 Å². The lowest BCUT2D eigenvalue weighted by atomic mass is 9.79. The third kappa shape index (κ3) is 3.59. The largest absolute Gasteiger partial charge is 0.274 e. The fourth-order valence-corrected chi connectivity index (χ4v) is 5.95. The van der Waals surface area contributed by atoms with Crippen LogP contribution in [0.25, 0.3) is 6.08 Å². The van der Waals surface area contributed by atoms with Crippen LogP contribution < -0.4 is 0 Å². The average Bonchev–Trinajstić information content (AvgIpc) is 3.48. The summed E-state index contributed by atoms with van der Waals surface area (Å²) >= 11 is 9.57. The lowest BCUT2D eigenvalue weighted by molar-refractivity contribution is 0.0684. The first-order valence-corrected chi connectivity index (χ1v) is 11.8. The third-order valence-corrected chi connectivity index (χ3v) is 7.47. The molecule has 6 heteroatoms. The Balaban J connectivity index is 1.57. The minimum Gasteiger partial charge on any atom is -0.267 e. The van der Waals surface area contributed by atoms with Crippen molar-refractivity contribution in [1.82, 2.24) is 5.01 Å². The molecule has 0 bridgehead atoms. The van der Waals surface area contributed by atoms with Gasteiger partial charge in [-0.15, -0.1) is 22.7 Å². The van der Waals surface area contributed by atoms with Crippen molar-refractivity contribution in [3.05, 3.63) is 85.2 Å². The van der Waals surface area contributed by atoms with Gasteiger partial charge in [0.05, 0.1) is 11.8 Å². The maximum atomic E-state index is 13.4. The van der Waals surface area contributed by atoms with Crippen molar-refractivity contribution in [3.63, 3.8) is 0 Å². The minimum absolute atomic E-state index is 0.0523. The highest BCUT2D eigenvalue weighted by atomic mass is 35.5. The Morgan fingerprint density at radius 1 is 1.14 bits per heavy atom. The van der Waals surface area contributed by atoms with Crippen LogP contribution in [0.15, 0.2) is 70.0 Å². The summed E-state index contributed by atoms with van der Waals surface area (Å²) in [6, 6.07) is 15.4. The van der Waals surface area contributed by atoms with Gasteiger partial charge in [-0.2, -0.15) is 5.10 Å². The second-order valence-electron chi connectivity index (χ2n) is 7.29. The van der Waals surface area contributed by atoms with Crippen LogP contribution in [0.3, 0.4) is 0 Å². The fraction of sp³-hybridized carbons (Fsp3) is 0.217. The molecule has 2 aliphatic rings. The fourth-order valence-electron chi connectivity index (χ4n) is 4.20. The van der Waals surface area contributed by atoms with E-state index in [1.54, 1.807) is 39.8 Å². The van der Waals surface area contributed by atoms with Crippen molar-refractivity contribution in [2.75, 3.05) is 0 Å². The van der Waals surface area contributed by atoms with Crippen LogP contribution in [0.5, 0.6) is 0 Å². The van der Waals surface area contributed by atoms with Crippen molar-refractivity contribution < 1.29 is 4.79 Å². The molecular formula is C23H19ClN2OS2. The maximum Gasteiger partial charge on any atom is 0.274 e. The molecule has 0 N–H and O–H groups in total. The van der Waals surface area contributed by atoms with Crippen LogP contribution in [0.2, 0.25) is 5.02 Å². The Kier molecular flexibility index (Phi) is 5.12. The number of carbonyl (C=O) groups is 1. The Morgan fingerprint density at radius 3 is 2.76 bits per heavy atom. The average molecular weight is 439 g/mol. The van der Waals surface area contributed by atoms with E-state index in [0.717, 1.165) is 25.0 Å². The van der Waals surface area contributed by atoms with Crippen LogP contribution in [0.1, 0.15) is 45.4 Å². The first kappa shape index (κ1) is 18.8. The molecule has 2 aromatic heterocycles. The first-order valence-electron chi connectivity index (χ1n) is 9.66. The number of halogens is 1. The van der Waals surface area contributed by atoms with E-state index >= 15 is 0 Å². The number of allylic oxidation sites excluding steroid dienone is 1. The van der Waals surface area contributed by atoms with Crippen LogP contribution in [-0.2, 0) is 0 Å². The van der Waals surface area contributed by atoms with Gasteiger partial charge in [-0.25, -0.2) is 5.01 Å². The van der Waals surface area contributed by atoms with Crippen molar-refractivity contribution in [2.24, 2.45) is 11.0 Å². The molecule has 3 heterocycles. The minimum atomic E-state index is -0.0942. The number of nitrogens with zero attached hydrogens (tertiary/aromatic N) is 2. The molecule has 2 atom stereocenters. The smallest absolute Gasteiger partial charge is 0.267 e. The summed E-state index contributed by atoms with van der Waals surface area (Å²) in [5.41, 5.74) is 2.90. The number of benzene rings is 1. The molecule has 146 valence electrons. The highest BCUT2D eigenvalue weighted by Crippen LogP contribution is 2.46. The highest BCUT2D eigenvalue weighted by molar-refractivity contribution is 7.11. The number of carbonyl (C=O) groups excluding carboxylic acids is 1. The van der Waals surface area contributed by atoms with E-state index in [9.17, 15) is 4.79 Å². The zero-order chi connectivity index (χ0) is 19.8. The molecule has 0 unspecified atom stereocenters. The monoisotopic (exact) mass is 438 g/mol. The van der Waals surface area contributed by atoms with E-state index in [0.29, 0.717) is 10.6 Å². The van der Waals surface area contributed by atoms with E-state index in [2.05, 4.69) is 35.0 Å². The third-order valence-electron chi connectivity index (χ3n) is 5.48. The molecule has 0 spiro atoms. The molecule has 0 radical (unpaired) electrons. The van der Waals surface area contributed by atoms with Gasteiger partial charge in [-0.3, -0.25) is 4.79 Å². The van der Waals surface area contributed by atoms with Crippen molar-refractivity contribution in [2.45, 2.75) is 25.3 Å². The van der Waals surface area contributed by atoms with E-state index in [1.807, 2.05) is 18.2 Å². The lowest BCUT2D eigenvalue weighted by Gasteiger charge is -2.28. The Morgan fingerprint density at radius 2 is 2.00 bits per heavy atom. The summed E-state index contributed by atoms with van der Waals surface area (Å²) < 4.78 is 0. The number of hydrazone groups is 1. The van der Waals surface area contributed by atoms with Crippen molar-refractivity contribution in [3.8, 4) is 0 Å². The van der Waals surface area contributed by atoms with Crippen molar-refractivity contribution in [1.29, 1.82) is 0 Å². The Hall–Kier alpha value is -2.21. The van der Waals surface area contributed by atoms with Gasteiger partial charge in [-0.1, -0.05) is 29.8 Å². The predicted octanol–water partition coefficient (Wildman–Crippen LogP) is 6.90. The highest BCUT2D eigenvalue weighted by Gasteiger charge is 2.44. The second kappa shape index (κ2) is 7.90. The zero-order valence-corrected chi connectivity index (χ0v) is 18.0. The van der Waals surface area contributed by atoms with Crippen LogP contribution >= 0.6 is 34.3 Å². The zero-order valence-electron chi connectivity index (χ0n) is 15.6. The van der Waals surface area contributed by atoms with Gasteiger partial charge in [0.2, 0.25) is 0 Å². The number of hydrogen-bond acceptors (Lipinski definition) is 4. The molecule has 0 saturated heterocycles. The summed E-state index contributed by atoms with van der Waals surface area (Å²) in [7, 11) is 0. The molecule has 5 rings (SSSR count). The number of hydrogen-bond donors (Lipinski definition) is 0. The topological polar surface area (TPSA) is 32.7 Å². The normalized spacial score (nSPS) is 22.6. The molecule has 1 amide bonds. The Bertz CT molecular complexity index is 1090. The first-order chi connectivity index (χ1) is 14.2. The molecule has 1 saturated carbocycles. The molecular weight excluding hydrogens is 420 g/mol. The lowest BCUT2D eigenvalue weighted by Crippen LogP contribution is -2.31. The van der Waals surface area contributed by atoms with Crippen LogP contribution in [0.4, 0.5) is 0 Å². The number of rotatable bonds is 3. The van der Waals surface area contributed by atoms with E-state index in [4.69, 9.17) is 16.7 Å². The van der Waals surface area contributed by atoms with Crippen LogP contribution in [-0.4, -0.2) is 16.6 Å². The molecule has 1 aromatic carbocycles. The molecule has 29 heavy (non-hydrogen) atoms. The molecule has 3 aromatic rings. The standard InChI is InChI=1S/C23H19ClN2OS2/c24-17-7-1-6-16(13-17)23(27)26-22(20-10-4-12-29-20)19-9-2-5-15(21(19)25-26)14-18-8-3-11-28-18/h1,3-4,6-8,10-14,19,22H,2,5,9H2/b15-14-/t19-,22+/m0/s1. The number of fused-ring (bicyclic) bond motifs is 1. The summed E-state index contributed by atoms with van der Waals surface area (Å²) in [6.45, 7) is 0. The van der Waals surface area contributed by atoms with Gasteiger partial charge in [0.25, 0.3) is 5.91 Å².